The lowest BCUT2D eigenvalue weighted by molar-refractivity contribution is 0.0934. The molecule has 1 atom stereocenters. The van der Waals surface area contributed by atoms with Crippen LogP contribution in [0.3, 0.4) is 0 Å². The zero-order chi connectivity index (χ0) is 20.1. The lowest BCUT2D eigenvalue weighted by atomic mass is 9.98. The first-order valence-corrected chi connectivity index (χ1v) is 9.26. The summed E-state index contributed by atoms with van der Waals surface area (Å²) in [4.78, 5) is 12.9. The molecule has 144 valence electrons. The average Bonchev–Trinajstić information content (AvgIpc) is 3.29. The van der Waals surface area contributed by atoms with Crippen molar-refractivity contribution < 1.29 is 14.1 Å². The molecule has 0 fully saturated rings. The first-order valence-electron chi connectivity index (χ1n) is 9.26. The summed E-state index contributed by atoms with van der Waals surface area (Å²) in [7, 11) is 1.63. The van der Waals surface area contributed by atoms with Gasteiger partial charge in [-0.25, -0.2) is 0 Å². The maximum atomic E-state index is 12.9. The van der Waals surface area contributed by atoms with Crippen molar-refractivity contribution in [3.05, 3.63) is 108 Å². The van der Waals surface area contributed by atoms with E-state index in [0.29, 0.717) is 5.76 Å². The first-order chi connectivity index (χ1) is 14.2. The highest BCUT2D eigenvalue weighted by molar-refractivity contribution is 5.93. The number of nitrogens with one attached hydrogen (secondary N) is 1. The largest absolute Gasteiger partial charge is 0.497 e. The van der Waals surface area contributed by atoms with Crippen LogP contribution in [0.4, 0.5) is 0 Å². The van der Waals surface area contributed by atoms with E-state index in [0.717, 1.165) is 22.4 Å². The minimum atomic E-state index is -0.327. The zero-order valence-corrected chi connectivity index (χ0v) is 15.9. The monoisotopic (exact) mass is 384 g/mol. The van der Waals surface area contributed by atoms with Gasteiger partial charge in [-0.15, -0.1) is 0 Å². The van der Waals surface area contributed by atoms with Crippen molar-refractivity contribution in [3.63, 3.8) is 0 Å². The van der Waals surface area contributed by atoms with E-state index in [1.165, 1.54) is 0 Å². The molecule has 1 aromatic heterocycles. The second-order valence-electron chi connectivity index (χ2n) is 6.53. The van der Waals surface area contributed by atoms with E-state index in [-0.39, 0.29) is 17.6 Å². The highest BCUT2D eigenvalue weighted by atomic mass is 16.5. The number of hydrogen-bond acceptors (Lipinski definition) is 4. The molecule has 29 heavy (non-hydrogen) atoms. The predicted octanol–water partition coefficient (Wildman–Crippen LogP) is 4.87. The smallest absolute Gasteiger partial charge is 0.274 e. The minimum Gasteiger partial charge on any atom is -0.497 e. The molecule has 1 unspecified atom stereocenters. The summed E-state index contributed by atoms with van der Waals surface area (Å²) in [5.41, 5.74) is 3.02. The lowest BCUT2D eigenvalue weighted by Gasteiger charge is -2.19. The fourth-order valence-electron chi connectivity index (χ4n) is 3.13. The maximum Gasteiger partial charge on any atom is 0.274 e. The van der Waals surface area contributed by atoms with Gasteiger partial charge in [-0.2, -0.15) is 0 Å². The molecule has 0 saturated heterocycles. The molecule has 0 spiro atoms. The van der Waals surface area contributed by atoms with Crippen molar-refractivity contribution in [3.8, 4) is 17.1 Å². The van der Waals surface area contributed by atoms with Crippen molar-refractivity contribution in [2.75, 3.05) is 7.11 Å². The number of amides is 1. The third-order valence-electron chi connectivity index (χ3n) is 4.66. The summed E-state index contributed by atoms with van der Waals surface area (Å²) >= 11 is 0. The molecule has 1 amide bonds. The molecule has 1 heterocycles. The molecule has 3 aromatic carbocycles. The Morgan fingerprint density at radius 3 is 2.17 bits per heavy atom. The summed E-state index contributed by atoms with van der Waals surface area (Å²) in [5.74, 6) is 1.01. The van der Waals surface area contributed by atoms with Gasteiger partial charge in [0.05, 0.1) is 13.2 Å². The highest BCUT2D eigenvalue weighted by Crippen LogP contribution is 2.25. The second kappa shape index (κ2) is 8.44. The van der Waals surface area contributed by atoms with Crippen LogP contribution in [0.25, 0.3) is 11.3 Å². The molecule has 5 heteroatoms. The SMILES string of the molecule is COc1ccc(C(NC(=O)c2cc(-c3ccccc3)on2)c2ccccc2)cc1. The first kappa shape index (κ1) is 18.5. The van der Waals surface area contributed by atoms with E-state index in [1.54, 1.807) is 13.2 Å². The van der Waals surface area contributed by atoms with E-state index < -0.39 is 0 Å². The molecule has 0 aliphatic heterocycles. The lowest BCUT2D eigenvalue weighted by Crippen LogP contribution is -2.29. The maximum absolute atomic E-state index is 12.9. The van der Waals surface area contributed by atoms with Gasteiger partial charge < -0.3 is 14.6 Å². The van der Waals surface area contributed by atoms with E-state index in [2.05, 4.69) is 10.5 Å². The Morgan fingerprint density at radius 1 is 0.897 bits per heavy atom. The van der Waals surface area contributed by atoms with Crippen molar-refractivity contribution in [2.45, 2.75) is 6.04 Å². The average molecular weight is 384 g/mol. The third kappa shape index (κ3) is 4.19. The van der Waals surface area contributed by atoms with Gasteiger partial charge in [-0.05, 0) is 23.3 Å². The van der Waals surface area contributed by atoms with Crippen LogP contribution in [-0.4, -0.2) is 18.2 Å². The molecule has 4 aromatic rings. The highest BCUT2D eigenvalue weighted by Gasteiger charge is 2.20. The van der Waals surface area contributed by atoms with Crippen LogP contribution < -0.4 is 10.1 Å². The van der Waals surface area contributed by atoms with Crippen LogP contribution in [0.1, 0.15) is 27.7 Å². The summed E-state index contributed by atoms with van der Waals surface area (Å²) in [6.45, 7) is 0. The van der Waals surface area contributed by atoms with Crippen molar-refractivity contribution in [1.82, 2.24) is 10.5 Å². The molecule has 1 N–H and O–H groups in total. The van der Waals surface area contributed by atoms with E-state index in [9.17, 15) is 4.79 Å². The number of carbonyl (C=O) groups is 1. The molecule has 0 aliphatic carbocycles. The summed E-state index contributed by atoms with van der Waals surface area (Å²) in [6.07, 6.45) is 0. The zero-order valence-electron chi connectivity index (χ0n) is 15.9. The fraction of sp³-hybridized carbons (Fsp3) is 0.0833. The standard InChI is InChI=1S/C24H20N2O3/c1-28-20-14-12-19(13-15-20)23(18-10-6-3-7-11-18)25-24(27)21-16-22(29-26-21)17-8-4-2-5-9-17/h2-16,23H,1H3,(H,25,27). The number of benzene rings is 3. The Kier molecular flexibility index (Phi) is 5.38. The van der Waals surface area contributed by atoms with Gasteiger partial charge in [-0.3, -0.25) is 4.79 Å². The number of rotatable bonds is 6. The third-order valence-corrected chi connectivity index (χ3v) is 4.66. The summed E-state index contributed by atoms with van der Waals surface area (Å²) < 4.78 is 10.6. The molecular formula is C24H20N2O3. The summed E-state index contributed by atoms with van der Waals surface area (Å²) in [5, 5.41) is 7.02. The van der Waals surface area contributed by atoms with Gasteiger partial charge in [0.2, 0.25) is 0 Å². The normalized spacial score (nSPS) is 11.6. The quantitative estimate of drug-likeness (QED) is 0.515. The van der Waals surface area contributed by atoms with E-state index in [1.807, 2.05) is 84.9 Å². The van der Waals surface area contributed by atoms with Crippen LogP contribution >= 0.6 is 0 Å². The molecule has 0 saturated carbocycles. The Balaban J connectivity index is 1.60. The Hall–Kier alpha value is -3.86. The molecule has 0 radical (unpaired) electrons. The minimum absolute atomic E-state index is 0.235. The number of hydrogen-bond donors (Lipinski definition) is 1. The van der Waals surface area contributed by atoms with Crippen LogP contribution in [-0.2, 0) is 0 Å². The number of carbonyl (C=O) groups excluding carboxylic acids is 1. The fourth-order valence-corrected chi connectivity index (χ4v) is 3.13. The van der Waals surface area contributed by atoms with Gasteiger partial charge in [0.15, 0.2) is 11.5 Å². The predicted molar refractivity (Wildman–Crippen MR) is 111 cm³/mol. The molecule has 0 bridgehead atoms. The molecule has 0 aliphatic rings. The van der Waals surface area contributed by atoms with Gasteiger partial charge in [0.25, 0.3) is 5.91 Å². The number of nitrogens with zero attached hydrogens (tertiary/aromatic N) is 1. The molecule has 4 rings (SSSR count). The van der Waals surface area contributed by atoms with Gasteiger partial charge in [0.1, 0.15) is 5.75 Å². The van der Waals surface area contributed by atoms with Crippen molar-refractivity contribution >= 4 is 5.91 Å². The van der Waals surface area contributed by atoms with Crippen LogP contribution in [0, 0.1) is 0 Å². The van der Waals surface area contributed by atoms with Crippen LogP contribution in [0.2, 0.25) is 0 Å². The summed E-state index contributed by atoms with van der Waals surface area (Å²) in [6, 6.07) is 28.3. The van der Waals surface area contributed by atoms with E-state index in [4.69, 9.17) is 9.26 Å². The second-order valence-corrected chi connectivity index (χ2v) is 6.53. The van der Waals surface area contributed by atoms with Gasteiger partial charge >= 0.3 is 0 Å². The Morgan fingerprint density at radius 2 is 1.52 bits per heavy atom. The van der Waals surface area contributed by atoms with Gasteiger partial charge in [-0.1, -0.05) is 78.0 Å². The van der Waals surface area contributed by atoms with Crippen molar-refractivity contribution in [1.29, 1.82) is 0 Å². The number of ether oxygens (including phenoxy) is 1. The topological polar surface area (TPSA) is 64.4 Å². The van der Waals surface area contributed by atoms with Crippen LogP contribution in [0.5, 0.6) is 5.75 Å². The van der Waals surface area contributed by atoms with Crippen LogP contribution in [0.15, 0.2) is 95.5 Å². The Bertz CT molecular complexity index is 1070. The molecule has 5 nitrogen and oxygen atoms in total. The number of methoxy groups -OCH3 is 1. The van der Waals surface area contributed by atoms with E-state index >= 15 is 0 Å². The van der Waals surface area contributed by atoms with Crippen molar-refractivity contribution in [2.24, 2.45) is 0 Å². The molecular weight excluding hydrogens is 364 g/mol. The van der Waals surface area contributed by atoms with Gasteiger partial charge in [0, 0.05) is 11.6 Å². The Labute approximate surface area is 168 Å². The number of aromatic nitrogens is 1.